The zero-order valence-corrected chi connectivity index (χ0v) is 13.6. The van der Waals surface area contributed by atoms with E-state index in [0.717, 1.165) is 18.4 Å². The van der Waals surface area contributed by atoms with Gasteiger partial charge < -0.3 is 9.42 Å². The maximum atomic E-state index is 12.9. The van der Waals surface area contributed by atoms with E-state index in [1.807, 2.05) is 31.0 Å². The Morgan fingerprint density at radius 3 is 3.08 bits per heavy atom. The minimum Gasteiger partial charge on any atom is -0.339 e. The fourth-order valence-electron chi connectivity index (χ4n) is 3.16. The number of aryl methyl sites for hydroxylation is 2. The lowest BCUT2D eigenvalue weighted by molar-refractivity contribution is 0.0728. The third-order valence-corrected chi connectivity index (χ3v) is 4.46. The molecule has 0 radical (unpaired) electrons. The Bertz CT molecular complexity index is 899. The zero-order valence-electron chi connectivity index (χ0n) is 13.6. The van der Waals surface area contributed by atoms with E-state index in [-0.39, 0.29) is 11.9 Å². The second kappa shape index (κ2) is 5.70. The highest BCUT2D eigenvalue weighted by Crippen LogP contribution is 2.31. The van der Waals surface area contributed by atoms with Crippen LogP contribution in [0.3, 0.4) is 0 Å². The normalized spacial score (nSPS) is 17.8. The van der Waals surface area contributed by atoms with Crippen molar-refractivity contribution in [2.45, 2.75) is 32.2 Å². The molecule has 0 spiro atoms. The Morgan fingerprint density at radius 1 is 1.42 bits per heavy atom. The van der Waals surface area contributed by atoms with Crippen molar-refractivity contribution in [3.05, 3.63) is 35.5 Å². The van der Waals surface area contributed by atoms with E-state index in [2.05, 4.69) is 20.5 Å². The third kappa shape index (κ3) is 2.34. The maximum absolute atomic E-state index is 12.9. The van der Waals surface area contributed by atoms with E-state index in [1.54, 1.807) is 10.7 Å². The van der Waals surface area contributed by atoms with E-state index in [4.69, 9.17) is 4.52 Å². The molecule has 1 saturated heterocycles. The van der Waals surface area contributed by atoms with Crippen LogP contribution in [-0.4, -0.2) is 42.5 Å². The first-order valence-electron chi connectivity index (χ1n) is 8.10. The van der Waals surface area contributed by atoms with Crippen molar-refractivity contribution >= 4 is 16.9 Å². The van der Waals surface area contributed by atoms with E-state index in [1.165, 1.54) is 0 Å². The number of fused-ring (bicyclic) bond motifs is 1. The highest BCUT2D eigenvalue weighted by molar-refractivity contribution is 5.97. The van der Waals surface area contributed by atoms with Crippen LogP contribution in [0.25, 0.3) is 11.0 Å². The molecule has 1 fully saturated rings. The predicted octanol–water partition coefficient (Wildman–Crippen LogP) is 1.89. The summed E-state index contributed by atoms with van der Waals surface area (Å²) in [6.07, 6.45) is 2.47. The number of hydrogen-bond acceptors (Lipinski definition) is 6. The second-order valence-corrected chi connectivity index (χ2v) is 5.97. The molecular weight excluding hydrogens is 308 g/mol. The molecule has 0 saturated carbocycles. The molecule has 1 aliphatic rings. The van der Waals surface area contributed by atoms with Gasteiger partial charge in [0, 0.05) is 25.6 Å². The van der Waals surface area contributed by atoms with Gasteiger partial charge in [-0.3, -0.25) is 4.79 Å². The summed E-state index contributed by atoms with van der Waals surface area (Å²) in [5.41, 5.74) is 2.22. The van der Waals surface area contributed by atoms with E-state index in [9.17, 15) is 4.79 Å². The van der Waals surface area contributed by atoms with Crippen LogP contribution in [0.1, 0.15) is 47.9 Å². The first kappa shape index (κ1) is 14.8. The van der Waals surface area contributed by atoms with Crippen molar-refractivity contribution in [1.82, 2.24) is 30.0 Å². The van der Waals surface area contributed by atoms with Crippen LogP contribution in [-0.2, 0) is 13.5 Å². The maximum Gasteiger partial charge on any atom is 0.254 e. The lowest BCUT2D eigenvalue weighted by Gasteiger charge is -2.22. The number of likely N-dealkylation sites (tertiary alicyclic amines) is 1. The van der Waals surface area contributed by atoms with Crippen molar-refractivity contribution in [3.63, 3.8) is 0 Å². The molecule has 24 heavy (non-hydrogen) atoms. The summed E-state index contributed by atoms with van der Waals surface area (Å²) >= 11 is 0. The molecule has 0 aliphatic carbocycles. The van der Waals surface area contributed by atoms with Gasteiger partial charge in [-0.15, -0.1) is 5.10 Å². The highest BCUT2D eigenvalue weighted by atomic mass is 16.5. The number of amides is 1. The molecule has 0 N–H and O–H groups in total. The Kier molecular flexibility index (Phi) is 3.51. The summed E-state index contributed by atoms with van der Waals surface area (Å²) in [5.74, 6) is 1.16. The standard InChI is InChI=1S/C16H18N6O2/c1-3-14-17-15(19-24-14)13-5-4-8-22(13)16(23)10-6-7-12-11(9-10)18-20-21(12)2/h6-7,9,13H,3-5,8H2,1-2H3/t13-/m0/s1. The van der Waals surface area contributed by atoms with Gasteiger partial charge in [-0.05, 0) is 31.0 Å². The summed E-state index contributed by atoms with van der Waals surface area (Å²) in [4.78, 5) is 19.2. The molecule has 8 nitrogen and oxygen atoms in total. The minimum atomic E-state index is -0.126. The largest absolute Gasteiger partial charge is 0.339 e. The molecule has 1 amide bonds. The molecule has 2 aromatic heterocycles. The Balaban J connectivity index is 1.63. The van der Waals surface area contributed by atoms with Gasteiger partial charge in [0.1, 0.15) is 5.52 Å². The molecule has 3 heterocycles. The molecule has 8 heteroatoms. The smallest absolute Gasteiger partial charge is 0.254 e. The number of carbonyl (C=O) groups excluding carboxylic acids is 1. The average molecular weight is 326 g/mol. The topological polar surface area (TPSA) is 89.9 Å². The molecule has 1 atom stereocenters. The number of rotatable bonds is 3. The van der Waals surface area contributed by atoms with Crippen LogP contribution in [0.2, 0.25) is 0 Å². The van der Waals surface area contributed by atoms with Crippen molar-refractivity contribution in [2.75, 3.05) is 6.54 Å². The van der Waals surface area contributed by atoms with Gasteiger partial charge in [-0.25, -0.2) is 4.68 Å². The Hall–Kier alpha value is -2.77. The first-order valence-corrected chi connectivity index (χ1v) is 8.10. The van der Waals surface area contributed by atoms with Crippen LogP contribution in [0, 0.1) is 0 Å². The lowest BCUT2D eigenvalue weighted by Crippen LogP contribution is -2.31. The molecule has 1 aliphatic heterocycles. The molecule has 124 valence electrons. The Labute approximate surface area is 138 Å². The number of nitrogens with zero attached hydrogens (tertiary/aromatic N) is 6. The molecule has 0 unspecified atom stereocenters. The average Bonchev–Trinajstić information content (AvgIpc) is 3.33. The second-order valence-electron chi connectivity index (χ2n) is 5.97. The highest BCUT2D eigenvalue weighted by Gasteiger charge is 2.34. The van der Waals surface area contributed by atoms with Crippen LogP contribution in [0.4, 0.5) is 0 Å². The molecule has 4 rings (SSSR count). The lowest BCUT2D eigenvalue weighted by atomic mass is 10.1. The monoisotopic (exact) mass is 326 g/mol. The molecule has 0 bridgehead atoms. The fraction of sp³-hybridized carbons (Fsp3) is 0.438. The van der Waals surface area contributed by atoms with Gasteiger partial charge in [0.2, 0.25) is 5.89 Å². The van der Waals surface area contributed by atoms with Gasteiger partial charge in [-0.1, -0.05) is 17.3 Å². The van der Waals surface area contributed by atoms with Gasteiger partial charge in [0.05, 0.1) is 11.6 Å². The van der Waals surface area contributed by atoms with Gasteiger partial charge >= 0.3 is 0 Å². The van der Waals surface area contributed by atoms with Crippen LogP contribution < -0.4 is 0 Å². The minimum absolute atomic E-state index is 0.0344. The van der Waals surface area contributed by atoms with Crippen molar-refractivity contribution in [2.24, 2.45) is 7.05 Å². The zero-order chi connectivity index (χ0) is 16.7. The number of carbonyl (C=O) groups is 1. The van der Waals surface area contributed by atoms with Crippen molar-refractivity contribution in [1.29, 1.82) is 0 Å². The third-order valence-electron chi connectivity index (χ3n) is 4.46. The van der Waals surface area contributed by atoms with E-state index < -0.39 is 0 Å². The van der Waals surface area contributed by atoms with Gasteiger partial charge in [0.15, 0.2) is 5.82 Å². The fourth-order valence-corrected chi connectivity index (χ4v) is 3.16. The summed E-state index contributed by atoms with van der Waals surface area (Å²) in [6, 6.07) is 5.35. The summed E-state index contributed by atoms with van der Waals surface area (Å²) in [7, 11) is 1.83. The first-order chi connectivity index (χ1) is 11.7. The van der Waals surface area contributed by atoms with Crippen molar-refractivity contribution < 1.29 is 9.32 Å². The summed E-state index contributed by atoms with van der Waals surface area (Å²) < 4.78 is 6.89. The summed E-state index contributed by atoms with van der Waals surface area (Å²) in [5, 5.41) is 12.1. The van der Waals surface area contributed by atoms with E-state index >= 15 is 0 Å². The SMILES string of the molecule is CCc1nc([C@@H]2CCCN2C(=O)c2ccc3c(c2)nnn3C)no1. The quantitative estimate of drug-likeness (QED) is 0.730. The summed E-state index contributed by atoms with van der Waals surface area (Å²) in [6.45, 7) is 2.66. The van der Waals surface area contributed by atoms with Crippen molar-refractivity contribution in [3.8, 4) is 0 Å². The molecule has 3 aromatic rings. The van der Waals surface area contributed by atoms with Gasteiger partial charge in [0.25, 0.3) is 5.91 Å². The van der Waals surface area contributed by atoms with E-state index in [0.29, 0.717) is 35.8 Å². The number of aromatic nitrogens is 5. The van der Waals surface area contributed by atoms with Crippen LogP contribution >= 0.6 is 0 Å². The Morgan fingerprint density at radius 2 is 2.29 bits per heavy atom. The number of benzene rings is 1. The predicted molar refractivity (Wildman–Crippen MR) is 85.2 cm³/mol. The number of hydrogen-bond donors (Lipinski definition) is 0. The molecular formula is C16H18N6O2. The van der Waals surface area contributed by atoms with Crippen LogP contribution in [0.15, 0.2) is 22.7 Å². The van der Waals surface area contributed by atoms with Gasteiger partial charge in [-0.2, -0.15) is 4.98 Å². The molecule has 1 aromatic carbocycles. The van der Waals surface area contributed by atoms with Crippen LogP contribution in [0.5, 0.6) is 0 Å².